The van der Waals surface area contributed by atoms with Gasteiger partial charge in [-0.2, -0.15) is 0 Å². The Kier molecular flexibility index (Phi) is 7.77. The Morgan fingerprint density at radius 3 is 2.87 bits per heavy atom. The highest BCUT2D eigenvalue weighted by molar-refractivity contribution is 7.13. The molecule has 2 amide bonds. The van der Waals surface area contributed by atoms with E-state index in [0.717, 1.165) is 44.1 Å². The number of morpholine rings is 1. The van der Waals surface area contributed by atoms with Gasteiger partial charge in [0.1, 0.15) is 0 Å². The average Bonchev–Trinajstić information content (AvgIpc) is 3.18. The Morgan fingerprint density at radius 1 is 1.33 bits per heavy atom. The lowest BCUT2D eigenvalue weighted by Crippen LogP contribution is -2.35. The number of benzene rings is 1. The molecule has 0 spiro atoms. The number of nitrogens with one attached hydrogen (secondary N) is 1. The van der Waals surface area contributed by atoms with Crippen LogP contribution in [0.15, 0.2) is 29.7 Å². The van der Waals surface area contributed by atoms with Crippen molar-refractivity contribution in [2.45, 2.75) is 6.54 Å². The number of hydrogen-bond acceptors (Lipinski definition) is 8. The maximum absolute atomic E-state index is 12.2. The van der Waals surface area contributed by atoms with Crippen molar-refractivity contribution in [3.8, 4) is 11.5 Å². The number of nitrogens with two attached hydrogens (primary N) is 1. The minimum atomic E-state index is -0.576. The number of amides is 2. The molecular formula is C20H24N4O5S. The number of ether oxygens (including phenoxy) is 3. The molecule has 0 unspecified atom stereocenters. The molecule has 9 nitrogen and oxygen atoms in total. The Labute approximate surface area is 178 Å². The predicted molar refractivity (Wildman–Crippen MR) is 114 cm³/mol. The number of anilines is 1. The molecule has 0 saturated carbocycles. The van der Waals surface area contributed by atoms with Crippen LogP contribution in [0.4, 0.5) is 5.13 Å². The van der Waals surface area contributed by atoms with Gasteiger partial charge >= 0.3 is 0 Å². The van der Waals surface area contributed by atoms with Gasteiger partial charge in [-0.05, 0) is 23.8 Å². The van der Waals surface area contributed by atoms with E-state index in [1.165, 1.54) is 24.5 Å². The van der Waals surface area contributed by atoms with E-state index < -0.39 is 5.91 Å². The maximum atomic E-state index is 12.2. The summed E-state index contributed by atoms with van der Waals surface area (Å²) in [5, 5.41) is 5.28. The van der Waals surface area contributed by atoms with Gasteiger partial charge in [-0.25, -0.2) is 4.98 Å². The van der Waals surface area contributed by atoms with Crippen LogP contribution in [0.3, 0.4) is 0 Å². The first-order chi connectivity index (χ1) is 14.5. The third-order valence-corrected chi connectivity index (χ3v) is 5.06. The summed E-state index contributed by atoms with van der Waals surface area (Å²) in [4.78, 5) is 29.8. The van der Waals surface area contributed by atoms with E-state index in [9.17, 15) is 9.59 Å². The SMILES string of the molecule is COc1cc(/C=C/C(=O)Nc2nc(CN3CCOCC3)cs2)ccc1OCC(N)=O. The van der Waals surface area contributed by atoms with Crippen molar-refractivity contribution in [1.29, 1.82) is 0 Å². The van der Waals surface area contributed by atoms with Crippen molar-refractivity contribution < 1.29 is 23.8 Å². The van der Waals surface area contributed by atoms with E-state index in [0.29, 0.717) is 16.6 Å². The predicted octanol–water partition coefficient (Wildman–Crippen LogP) is 1.50. The molecule has 10 heteroatoms. The van der Waals surface area contributed by atoms with Gasteiger partial charge in [0.2, 0.25) is 5.91 Å². The van der Waals surface area contributed by atoms with Crippen LogP contribution in [0.25, 0.3) is 6.08 Å². The van der Waals surface area contributed by atoms with Crippen molar-refractivity contribution in [1.82, 2.24) is 9.88 Å². The van der Waals surface area contributed by atoms with Crippen molar-refractivity contribution in [3.63, 3.8) is 0 Å². The molecule has 0 atom stereocenters. The zero-order valence-corrected chi connectivity index (χ0v) is 17.4. The molecule has 2 heterocycles. The summed E-state index contributed by atoms with van der Waals surface area (Å²) in [5.41, 5.74) is 6.75. The van der Waals surface area contributed by atoms with E-state index in [2.05, 4.69) is 15.2 Å². The lowest BCUT2D eigenvalue weighted by atomic mass is 10.2. The normalized spacial score (nSPS) is 14.6. The van der Waals surface area contributed by atoms with Crippen molar-refractivity contribution in [3.05, 3.63) is 40.9 Å². The Morgan fingerprint density at radius 2 is 2.13 bits per heavy atom. The summed E-state index contributed by atoms with van der Waals surface area (Å²) in [7, 11) is 1.49. The lowest BCUT2D eigenvalue weighted by molar-refractivity contribution is -0.120. The topological polar surface area (TPSA) is 116 Å². The van der Waals surface area contributed by atoms with E-state index in [-0.39, 0.29) is 12.5 Å². The number of carbonyl (C=O) groups is 2. The highest BCUT2D eigenvalue weighted by atomic mass is 32.1. The van der Waals surface area contributed by atoms with Crippen LogP contribution in [-0.4, -0.2) is 61.7 Å². The van der Waals surface area contributed by atoms with Crippen LogP contribution in [0.1, 0.15) is 11.3 Å². The molecule has 0 bridgehead atoms. The van der Waals surface area contributed by atoms with E-state index in [1.54, 1.807) is 24.3 Å². The second-order valence-corrected chi connectivity index (χ2v) is 7.38. The molecule has 2 aromatic rings. The number of primary amides is 1. The molecule has 1 aromatic carbocycles. The number of methoxy groups -OCH3 is 1. The molecule has 1 saturated heterocycles. The molecule has 1 aliphatic heterocycles. The average molecular weight is 433 g/mol. The molecule has 0 aliphatic carbocycles. The van der Waals surface area contributed by atoms with Crippen molar-refractivity contribution >= 4 is 34.4 Å². The molecule has 0 radical (unpaired) electrons. The summed E-state index contributed by atoms with van der Waals surface area (Å²) in [5.74, 6) is -0.0248. The largest absolute Gasteiger partial charge is 0.493 e. The maximum Gasteiger partial charge on any atom is 0.255 e. The summed E-state index contributed by atoms with van der Waals surface area (Å²) >= 11 is 1.39. The van der Waals surface area contributed by atoms with Gasteiger partial charge in [0.15, 0.2) is 23.2 Å². The molecule has 1 fully saturated rings. The number of nitrogens with zero attached hydrogens (tertiary/aromatic N) is 2. The van der Waals surface area contributed by atoms with Gasteiger partial charge in [0.25, 0.3) is 5.91 Å². The monoisotopic (exact) mass is 432 g/mol. The third-order valence-electron chi connectivity index (χ3n) is 4.26. The molecule has 160 valence electrons. The van der Waals surface area contributed by atoms with Gasteiger partial charge in [-0.15, -0.1) is 11.3 Å². The highest BCUT2D eigenvalue weighted by Crippen LogP contribution is 2.28. The highest BCUT2D eigenvalue weighted by Gasteiger charge is 2.13. The summed E-state index contributed by atoms with van der Waals surface area (Å²) in [6.07, 6.45) is 3.07. The minimum Gasteiger partial charge on any atom is -0.493 e. The number of thiazole rings is 1. The second-order valence-electron chi connectivity index (χ2n) is 6.52. The molecular weight excluding hydrogens is 408 g/mol. The van der Waals surface area contributed by atoms with Gasteiger partial charge in [0, 0.05) is 31.1 Å². The fraction of sp³-hybridized carbons (Fsp3) is 0.350. The zero-order valence-electron chi connectivity index (χ0n) is 16.6. The van der Waals surface area contributed by atoms with E-state index in [4.69, 9.17) is 19.9 Å². The Balaban J connectivity index is 1.54. The van der Waals surface area contributed by atoms with Crippen LogP contribution < -0.4 is 20.5 Å². The summed E-state index contributed by atoms with van der Waals surface area (Å²) in [6, 6.07) is 5.09. The first-order valence-corrected chi connectivity index (χ1v) is 10.2. The zero-order chi connectivity index (χ0) is 21.3. The van der Waals surface area contributed by atoms with Gasteiger partial charge in [-0.1, -0.05) is 6.07 Å². The molecule has 1 aromatic heterocycles. The molecule has 3 N–H and O–H groups in total. The van der Waals surface area contributed by atoms with E-state index in [1.807, 2.05) is 5.38 Å². The first kappa shape index (κ1) is 21.8. The second kappa shape index (κ2) is 10.7. The van der Waals surface area contributed by atoms with Gasteiger partial charge < -0.3 is 19.9 Å². The Hall–Kier alpha value is -2.95. The van der Waals surface area contributed by atoms with Gasteiger partial charge in [-0.3, -0.25) is 19.8 Å². The fourth-order valence-electron chi connectivity index (χ4n) is 2.80. The smallest absolute Gasteiger partial charge is 0.255 e. The number of rotatable bonds is 9. The standard InChI is InChI=1S/C20H24N4O5S/c1-27-17-10-14(2-4-16(17)29-12-18(21)25)3-5-19(26)23-20-22-15(13-30-20)11-24-6-8-28-9-7-24/h2-5,10,13H,6-9,11-12H2,1H3,(H2,21,25)(H,22,23,26)/b5-3+. The van der Waals surface area contributed by atoms with Crippen molar-refractivity contribution in [2.24, 2.45) is 5.73 Å². The van der Waals surface area contributed by atoms with Crippen LogP contribution in [0.5, 0.6) is 11.5 Å². The quantitative estimate of drug-likeness (QED) is 0.577. The van der Waals surface area contributed by atoms with Crippen LogP contribution in [-0.2, 0) is 20.9 Å². The summed E-state index contributed by atoms with van der Waals surface area (Å²) < 4.78 is 15.9. The van der Waals surface area contributed by atoms with Crippen LogP contribution in [0, 0.1) is 0 Å². The first-order valence-electron chi connectivity index (χ1n) is 9.36. The minimum absolute atomic E-state index is 0.241. The lowest BCUT2D eigenvalue weighted by Gasteiger charge is -2.25. The van der Waals surface area contributed by atoms with Gasteiger partial charge in [0.05, 0.1) is 26.0 Å². The third kappa shape index (κ3) is 6.55. The Bertz CT molecular complexity index is 908. The van der Waals surface area contributed by atoms with Crippen LogP contribution >= 0.6 is 11.3 Å². The number of aromatic nitrogens is 1. The van der Waals surface area contributed by atoms with Crippen molar-refractivity contribution in [2.75, 3.05) is 45.3 Å². The van der Waals surface area contributed by atoms with Crippen LogP contribution in [0.2, 0.25) is 0 Å². The molecule has 3 rings (SSSR count). The molecule has 30 heavy (non-hydrogen) atoms. The number of hydrogen-bond donors (Lipinski definition) is 2. The fourth-order valence-corrected chi connectivity index (χ4v) is 3.50. The molecule has 1 aliphatic rings. The summed E-state index contributed by atoms with van der Waals surface area (Å²) in [6.45, 7) is 3.75. The number of carbonyl (C=O) groups excluding carboxylic acids is 2. The van der Waals surface area contributed by atoms with E-state index >= 15 is 0 Å².